The second-order valence-electron chi connectivity index (χ2n) is 3.80. The fraction of sp³-hybridized carbons (Fsp3) is 0.588. The minimum Gasteiger partial charge on any atom is -0.341 e. The van der Waals surface area contributed by atoms with Gasteiger partial charge in [0.05, 0.1) is 0 Å². The van der Waals surface area contributed by atoms with Crippen LogP contribution in [-0.2, 0) is 17.8 Å². The summed E-state index contributed by atoms with van der Waals surface area (Å²) in [6, 6.07) is 8.30. The Kier molecular flexibility index (Phi) is 15.5. The van der Waals surface area contributed by atoms with Crippen LogP contribution >= 0.6 is 0 Å². The molecule has 0 radical (unpaired) electrons. The van der Waals surface area contributed by atoms with Crippen molar-refractivity contribution in [2.24, 2.45) is 0 Å². The molecule has 1 aliphatic heterocycles. The number of nitrogens with zero attached hydrogens (tertiary/aromatic N) is 1. The van der Waals surface area contributed by atoms with E-state index in [0.717, 1.165) is 25.9 Å². The lowest BCUT2D eigenvalue weighted by Crippen LogP contribution is -2.28. The Morgan fingerprint density at radius 1 is 1.05 bits per heavy atom. The van der Waals surface area contributed by atoms with Gasteiger partial charge in [0, 0.05) is 13.1 Å². The number of carbonyl (C=O) groups is 1. The van der Waals surface area contributed by atoms with Gasteiger partial charge in [0.15, 0.2) is 0 Å². The predicted octanol–water partition coefficient (Wildman–Crippen LogP) is 4.67. The first kappa shape index (κ1) is 20.0. The molecule has 1 aromatic carbocycles. The van der Waals surface area contributed by atoms with Crippen LogP contribution < -0.4 is 0 Å². The molecule has 0 saturated carbocycles. The maximum atomic E-state index is 10.5. The summed E-state index contributed by atoms with van der Waals surface area (Å²) in [5, 5.41) is 0. The molecule has 1 aromatic rings. The van der Waals surface area contributed by atoms with Crippen LogP contribution in [0.4, 0.5) is 0 Å². The quantitative estimate of drug-likeness (QED) is 0.676. The molecule has 110 valence electrons. The van der Waals surface area contributed by atoms with Gasteiger partial charge in [0.2, 0.25) is 6.41 Å². The molecule has 2 rings (SSSR count). The van der Waals surface area contributed by atoms with Crippen LogP contribution in [0, 0.1) is 0 Å². The highest BCUT2D eigenvalue weighted by Crippen LogP contribution is 2.16. The van der Waals surface area contributed by atoms with Crippen molar-refractivity contribution in [3.63, 3.8) is 0 Å². The van der Waals surface area contributed by atoms with Crippen molar-refractivity contribution in [2.75, 3.05) is 6.54 Å². The van der Waals surface area contributed by atoms with Crippen molar-refractivity contribution in [3.05, 3.63) is 35.4 Å². The standard InChI is InChI=1S/C10H11NO.C3H8.2C2H6/c12-8-11-6-5-9-3-1-2-4-10(9)7-11;1-3-2;2*1-2/h1-4,8H,5-7H2;3H2,1-2H3;2*1-2H3. The minimum atomic E-state index is 0.777. The molecule has 2 heteroatoms. The number of carbonyl (C=O) groups excluding carboxylic acids is 1. The Morgan fingerprint density at radius 2 is 1.53 bits per heavy atom. The van der Waals surface area contributed by atoms with Crippen LogP contribution in [0.1, 0.15) is 59.1 Å². The molecule has 1 heterocycles. The van der Waals surface area contributed by atoms with Crippen LogP contribution in [0.15, 0.2) is 24.3 Å². The lowest BCUT2D eigenvalue weighted by atomic mass is 10.0. The largest absolute Gasteiger partial charge is 0.341 e. The maximum Gasteiger partial charge on any atom is 0.210 e. The third-order valence-electron chi connectivity index (χ3n) is 2.31. The van der Waals surface area contributed by atoms with Gasteiger partial charge in [-0.05, 0) is 17.5 Å². The smallest absolute Gasteiger partial charge is 0.210 e. The van der Waals surface area contributed by atoms with Crippen LogP contribution in [-0.4, -0.2) is 17.9 Å². The summed E-state index contributed by atoms with van der Waals surface area (Å²) in [5.41, 5.74) is 2.67. The van der Waals surface area contributed by atoms with Gasteiger partial charge in [-0.1, -0.05) is 72.2 Å². The Hall–Kier alpha value is -1.31. The highest BCUT2D eigenvalue weighted by atomic mass is 16.1. The molecule has 0 unspecified atom stereocenters. The van der Waals surface area contributed by atoms with E-state index in [1.165, 1.54) is 17.5 Å². The summed E-state index contributed by atoms with van der Waals surface area (Å²) in [5.74, 6) is 0. The van der Waals surface area contributed by atoms with Gasteiger partial charge in [0.25, 0.3) is 0 Å². The number of amides is 1. The van der Waals surface area contributed by atoms with Crippen molar-refractivity contribution in [1.29, 1.82) is 0 Å². The van der Waals surface area contributed by atoms with Crippen molar-refractivity contribution >= 4 is 6.41 Å². The van der Waals surface area contributed by atoms with Gasteiger partial charge in [-0.25, -0.2) is 0 Å². The molecule has 1 aliphatic rings. The monoisotopic (exact) mass is 265 g/mol. The highest BCUT2D eigenvalue weighted by molar-refractivity contribution is 5.49. The molecule has 2 nitrogen and oxygen atoms in total. The predicted molar refractivity (Wildman–Crippen MR) is 85.3 cm³/mol. The van der Waals surface area contributed by atoms with Gasteiger partial charge >= 0.3 is 0 Å². The van der Waals surface area contributed by atoms with Crippen molar-refractivity contribution in [1.82, 2.24) is 4.90 Å². The average molecular weight is 265 g/mol. The van der Waals surface area contributed by atoms with E-state index in [9.17, 15) is 4.79 Å². The molecule has 0 N–H and O–H groups in total. The SMILES string of the molecule is CC.CC.CCC.O=CN1CCc2ccccc2C1. The number of fused-ring (bicyclic) bond motifs is 1. The Labute approximate surface area is 119 Å². The van der Waals surface area contributed by atoms with E-state index >= 15 is 0 Å². The normalized spacial score (nSPS) is 11.4. The summed E-state index contributed by atoms with van der Waals surface area (Å²) in [4.78, 5) is 12.3. The fourth-order valence-electron chi connectivity index (χ4n) is 1.61. The van der Waals surface area contributed by atoms with Crippen LogP contribution in [0.5, 0.6) is 0 Å². The number of rotatable bonds is 1. The van der Waals surface area contributed by atoms with Crippen molar-refractivity contribution in [3.8, 4) is 0 Å². The first-order valence-electron chi connectivity index (χ1n) is 7.58. The molecular weight excluding hydrogens is 234 g/mol. The molecule has 0 aliphatic carbocycles. The summed E-state index contributed by atoms with van der Waals surface area (Å²) in [6.45, 7) is 13.9. The van der Waals surface area contributed by atoms with Crippen molar-refractivity contribution < 1.29 is 4.79 Å². The molecule has 0 saturated heterocycles. The van der Waals surface area contributed by atoms with Gasteiger partial charge in [0.1, 0.15) is 0 Å². The molecule has 0 spiro atoms. The zero-order chi connectivity index (χ0) is 15.1. The third kappa shape index (κ3) is 8.41. The van der Waals surface area contributed by atoms with Crippen molar-refractivity contribution in [2.45, 2.75) is 60.9 Å². The van der Waals surface area contributed by atoms with E-state index in [0.29, 0.717) is 0 Å². The van der Waals surface area contributed by atoms with E-state index in [4.69, 9.17) is 0 Å². The number of hydrogen-bond donors (Lipinski definition) is 0. The second-order valence-corrected chi connectivity index (χ2v) is 3.80. The average Bonchev–Trinajstić information content (AvgIpc) is 2.51. The Bertz CT molecular complexity index is 310. The molecule has 0 fully saturated rings. The van der Waals surface area contributed by atoms with E-state index in [2.05, 4.69) is 32.0 Å². The highest BCUT2D eigenvalue weighted by Gasteiger charge is 2.12. The third-order valence-corrected chi connectivity index (χ3v) is 2.31. The zero-order valence-corrected chi connectivity index (χ0v) is 13.6. The Balaban J connectivity index is 0. The molecule has 0 bridgehead atoms. The summed E-state index contributed by atoms with van der Waals surface area (Å²) in [6.07, 6.45) is 3.17. The fourth-order valence-corrected chi connectivity index (χ4v) is 1.61. The molecular formula is C17H31NO. The Morgan fingerprint density at radius 3 is 2.00 bits per heavy atom. The van der Waals surface area contributed by atoms with E-state index in [1.54, 1.807) is 0 Å². The van der Waals surface area contributed by atoms with Crippen LogP contribution in [0.2, 0.25) is 0 Å². The van der Waals surface area contributed by atoms with Crippen LogP contribution in [0.3, 0.4) is 0 Å². The summed E-state index contributed by atoms with van der Waals surface area (Å²) < 4.78 is 0. The zero-order valence-electron chi connectivity index (χ0n) is 13.6. The summed E-state index contributed by atoms with van der Waals surface area (Å²) in [7, 11) is 0. The minimum absolute atomic E-state index is 0.777. The maximum absolute atomic E-state index is 10.5. The van der Waals surface area contributed by atoms with E-state index in [1.807, 2.05) is 38.7 Å². The van der Waals surface area contributed by atoms with Gasteiger partial charge in [-0.3, -0.25) is 4.79 Å². The van der Waals surface area contributed by atoms with Crippen LogP contribution in [0.25, 0.3) is 0 Å². The number of benzene rings is 1. The first-order chi connectivity index (χ1) is 9.31. The molecule has 19 heavy (non-hydrogen) atoms. The molecule has 0 aromatic heterocycles. The lowest BCUT2D eigenvalue weighted by molar-refractivity contribution is -0.118. The van der Waals surface area contributed by atoms with E-state index in [-0.39, 0.29) is 0 Å². The summed E-state index contributed by atoms with van der Waals surface area (Å²) >= 11 is 0. The molecule has 0 atom stereocenters. The van der Waals surface area contributed by atoms with E-state index < -0.39 is 0 Å². The van der Waals surface area contributed by atoms with Gasteiger partial charge < -0.3 is 4.90 Å². The topological polar surface area (TPSA) is 20.3 Å². The van der Waals surface area contributed by atoms with Gasteiger partial charge in [-0.15, -0.1) is 0 Å². The van der Waals surface area contributed by atoms with Gasteiger partial charge in [-0.2, -0.15) is 0 Å². The molecule has 1 amide bonds. The number of hydrogen-bond acceptors (Lipinski definition) is 1. The first-order valence-corrected chi connectivity index (χ1v) is 7.58. The lowest BCUT2D eigenvalue weighted by Gasteiger charge is -2.24. The second kappa shape index (κ2) is 14.7.